The van der Waals surface area contributed by atoms with E-state index in [0.29, 0.717) is 0 Å². The molecule has 4 heteroatoms. The Morgan fingerprint density at radius 1 is 0.867 bits per heavy atom. The quantitative estimate of drug-likeness (QED) is 0.383. The molecule has 4 nitrogen and oxygen atoms in total. The average Bonchev–Trinajstić information content (AvgIpc) is 2.26. The molecule has 0 aliphatic heterocycles. The van der Waals surface area contributed by atoms with Crippen LogP contribution in [-0.4, -0.2) is 40.0 Å². The first-order valence-electron chi connectivity index (χ1n) is 5.97. The van der Waals surface area contributed by atoms with Crippen LogP contribution in [-0.2, 0) is 9.47 Å². The van der Waals surface area contributed by atoms with Gasteiger partial charge in [0.05, 0.1) is 0 Å². The third kappa shape index (κ3) is 13.8. The summed E-state index contributed by atoms with van der Waals surface area (Å²) in [4.78, 5) is 0. The van der Waals surface area contributed by atoms with Gasteiger partial charge in [-0.3, -0.25) is 10.9 Å². The van der Waals surface area contributed by atoms with Crippen LogP contribution in [0.1, 0.15) is 32.6 Å². The van der Waals surface area contributed by atoms with Crippen LogP contribution >= 0.6 is 0 Å². The van der Waals surface area contributed by atoms with Crippen LogP contribution in [0.4, 0.5) is 0 Å². The van der Waals surface area contributed by atoms with Gasteiger partial charge in [-0.15, -0.1) is 0 Å². The molecule has 0 saturated heterocycles. The largest absolute Gasteiger partial charge is 0.381 e. The van der Waals surface area contributed by atoms with Crippen LogP contribution < -0.4 is 10.9 Å². The minimum Gasteiger partial charge on any atom is -0.381 e. The Bertz CT molecular complexity index is 101. The summed E-state index contributed by atoms with van der Waals surface area (Å²) in [5.41, 5.74) is 5.89. The first-order chi connectivity index (χ1) is 7.41. The topological polar surface area (TPSA) is 42.5 Å². The van der Waals surface area contributed by atoms with E-state index in [4.69, 9.17) is 9.47 Å². The minimum absolute atomic E-state index is 0.811. The number of ether oxygens (including phenoxy) is 2. The van der Waals surface area contributed by atoms with Crippen molar-refractivity contribution in [3.63, 3.8) is 0 Å². The van der Waals surface area contributed by atoms with Crippen molar-refractivity contribution >= 4 is 0 Å². The summed E-state index contributed by atoms with van der Waals surface area (Å²) in [5, 5.41) is 0. The molecule has 0 aliphatic rings. The van der Waals surface area contributed by atoms with Crippen molar-refractivity contribution in [1.29, 1.82) is 0 Å². The van der Waals surface area contributed by atoms with Crippen molar-refractivity contribution in [3.8, 4) is 0 Å². The molecule has 0 atom stereocenters. The van der Waals surface area contributed by atoms with Crippen LogP contribution in [0, 0.1) is 0 Å². The molecule has 0 spiro atoms. The van der Waals surface area contributed by atoms with E-state index in [0.717, 1.165) is 52.2 Å². The number of hydrogen-bond acceptors (Lipinski definition) is 4. The lowest BCUT2D eigenvalue weighted by atomic mass is 10.4. The highest BCUT2D eigenvalue weighted by molar-refractivity contribution is 4.41. The molecule has 0 bridgehead atoms. The van der Waals surface area contributed by atoms with Gasteiger partial charge in [0.15, 0.2) is 0 Å². The van der Waals surface area contributed by atoms with E-state index in [9.17, 15) is 0 Å². The van der Waals surface area contributed by atoms with E-state index in [-0.39, 0.29) is 0 Å². The standard InChI is InChI=1S/C11H26N2O2/c1-3-4-8-14-10-6-11-15-9-5-7-13-12-2/h12-13H,3-11H2,1-2H3. The Morgan fingerprint density at radius 3 is 2.07 bits per heavy atom. The van der Waals surface area contributed by atoms with Gasteiger partial charge in [0.2, 0.25) is 0 Å². The van der Waals surface area contributed by atoms with Crippen LogP contribution in [0.2, 0.25) is 0 Å². The predicted molar refractivity (Wildman–Crippen MR) is 62.8 cm³/mol. The summed E-state index contributed by atoms with van der Waals surface area (Å²) in [5.74, 6) is 0. The van der Waals surface area contributed by atoms with Crippen molar-refractivity contribution in [2.45, 2.75) is 32.6 Å². The molecule has 0 saturated carbocycles. The first kappa shape index (κ1) is 14.8. The number of hydrazine groups is 1. The molecule has 0 heterocycles. The van der Waals surface area contributed by atoms with Crippen LogP contribution in [0.25, 0.3) is 0 Å². The highest BCUT2D eigenvalue weighted by Gasteiger charge is 1.91. The molecule has 0 aromatic rings. The number of nitrogens with one attached hydrogen (secondary N) is 2. The van der Waals surface area contributed by atoms with Gasteiger partial charge in [0, 0.05) is 33.0 Å². The molecular formula is C11H26N2O2. The SMILES string of the molecule is CCCCOCCCOCCCNNC. The molecule has 0 fully saturated rings. The Hall–Kier alpha value is -0.160. The second-order valence-corrected chi connectivity index (χ2v) is 3.46. The molecule has 2 N–H and O–H groups in total. The zero-order valence-electron chi connectivity index (χ0n) is 10.2. The van der Waals surface area contributed by atoms with Gasteiger partial charge < -0.3 is 9.47 Å². The molecule has 92 valence electrons. The summed E-state index contributed by atoms with van der Waals surface area (Å²) in [6.45, 7) is 6.47. The van der Waals surface area contributed by atoms with Crippen LogP contribution in [0.5, 0.6) is 0 Å². The van der Waals surface area contributed by atoms with E-state index < -0.39 is 0 Å². The summed E-state index contributed by atoms with van der Waals surface area (Å²) in [6.07, 6.45) is 4.41. The molecule has 0 radical (unpaired) electrons. The highest BCUT2D eigenvalue weighted by atomic mass is 16.5. The van der Waals surface area contributed by atoms with Gasteiger partial charge in [-0.25, -0.2) is 0 Å². The van der Waals surface area contributed by atoms with Crippen LogP contribution in [0.15, 0.2) is 0 Å². The Kier molecular flexibility index (Phi) is 13.7. The fourth-order valence-electron chi connectivity index (χ4n) is 1.10. The summed E-state index contributed by atoms with van der Waals surface area (Å²) in [7, 11) is 1.87. The smallest absolute Gasteiger partial charge is 0.0487 e. The normalized spacial score (nSPS) is 10.8. The Balaban J connectivity index is 2.81. The first-order valence-corrected chi connectivity index (χ1v) is 5.97. The van der Waals surface area contributed by atoms with E-state index in [1.165, 1.54) is 6.42 Å². The van der Waals surface area contributed by atoms with Crippen molar-refractivity contribution in [3.05, 3.63) is 0 Å². The molecule has 0 aliphatic carbocycles. The maximum absolute atomic E-state index is 5.44. The monoisotopic (exact) mass is 218 g/mol. The zero-order valence-corrected chi connectivity index (χ0v) is 10.2. The molecule has 15 heavy (non-hydrogen) atoms. The number of rotatable bonds is 12. The summed E-state index contributed by atoms with van der Waals surface area (Å²) < 4.78 is 10.9. The minimum atomic E-state index is 0.811. The van der Waals surface area contributed by atoms with E-state index in [2.05, 4.69) is 17.8 Å². The lowest BCUT2D eigenvalue weighted by Crippen LogP contribution is -2.29. The zero-order chi connectivity index (χ0) is 11.2. The lowest BCUT2D eigenvalue weighted by molar-refractivity contribution is 0.0805. The van der Waals surface area contributed by atoms with Crippen molar-refractivity contribution < 1.29 is 9.47 Å². The van der Waals surface area contributed by atoms with Gasteiger partial charge in [-0.05, 0) is 26.3 Å². The van der Waals surface area contributed by atoms with E-state index >= 15 is 0 Å². The highest BCUT2D eigenvalue weighted by Crippen LogP contribution is 1.91. The van der Waals surface area contributed by atoms with Gasteiger partial charge in [-0.1, -0.05) is 13.3 Å². The number of unbranched alkanes of at least 4 members (excludes halogenated alkanes) is 1. The van der Waals surface area contributed by atoms with Crippen molar-refractivity contribution in [2.24, 2.45) is 0 Å². The van der Waals surface area contributed by atoms with Crippen LogP contribution in [0.3, 0.4) is 0 Å². The van der Waals surface area contributed by atoms with E-state index in [1.54, 1.807) is 0 Å². The molecule has 0 amide bonds. The Morgan fingerprint density at radius 2 is 1.47 bits per heavy atom. The van der Waals surface area contributed by atoms with Gasteiger partial charge in [-0.2, -0.15) is 0 Å². The third-order valence-corrected chi connectivity index (χ3v) is 1.99. The van der Waals surface area contributed by atoms with Gasteiger partial charge in [0.1, 0.15) is 0 Å². The predicted octanol–water partition coefficient (Wildman–Crippen LogP) is 1.32. The maximum atomic E-state index is 5.44. The fraction of sp³-hybridized carbons (Fsp3) is 1.00. The van der Waals surface area contributed by atoms with Gasteiger partial charge in [0.25, 0.3) is 0 Å². The maximum Gasteiger partial charge on any atom is 0.0487 e. The summed E-state index contributed by atoms with van der Waals surface area (Å²) >= 11 is 0. The lowest BCUT2D eigenvalue weighted by Gasteiger charge is -2.05. The molecule has 0 unspecified atom stereocenters. The molecule has 0 rings (SSSR count). The van der Waals surface area contributed by atoms with E-state index in [1.807, 2.05) is 7.05 Å². The van der Waals surface area contributed by atoms with Crippen molar-refractivity contribution in [2.75, 3.05) is 40.0 Å². The summed E-state index contributed by atoms with van der Waals surface area (Å²) in [6, 6.07) is 0. The Labute approximate surface area is 93.7 Å². The molecule has 0 aromatic heterocycles. The molecule has 0 aromatic carbocycles. The number of hydrogen-bond donors (Lipinski definition) is 2. The van der Waals surface area contributed by atoms with Crippen molar-refractivity contribution in [1.82, 2.24) is 10.9 Å². The van der Waals surface area contributed by atoms with Gasteiger partial charge >= 0.3 is 0 Å². The fourth-order valence-corrected chi connectivity index (χ4v) is 1.10. The second kappa shape index (κ2) is 13.8. The second-order valence-electron chi connectivity index (χ2n) is 3.46. The average molecular weight is 218 g/mol. The third-order valence-electron chi connectivity index (χ3n) is 1.99. The molecular weight excluding hydrogens is 192 g/mol.